The standard InChI is InChI=1S/C35H26N2O2/c1-38-28-19-15-26(16-20-28)37(27-17-21-29(39-2)22-18-27)25-13-11-24(12-14-25)35-32-9-5-3-7-30(32)34(23-36)31-8-4-6-10-33(31)35/h3-22H,1-2H3. The van der Waals surface area contributed by atoms with Gasteiger partial charge >= 0.3 is 0 Å². The van der Waals surface area contributed by atoms with Gasteiger partial charge in [0, 0.05) is 27.8 Å². The maximum absolute atomic E-state index is 10.0. The highest BCUT2D eigenvalue weighted by Gasteiger charge is 2.17. The molecule has 188 valence electrons. The van der Waals surface area contributed by atoms with Crippen LogP contribution in [0, 0.1) is 11.3 Å². The van der Waals surface area contributed by atoms with Crippen LogP contribution in [0.25, 0.3) is 32.7 Å². The molecule has 6 rings (SSSR count). The molecule has 4 heteroatoms. The van der Waals surface area contributed by atoms with E-state index in [-0.39, 0.29) is 0 Å². The number of anilines is 3. The van der Waals surface area contributed by atoms with Gasteiger partial charge in [-0.15, -0.1) is 0 Å². The van der Waals surface area contributed by atoms with E-state index in [1.165, 1.54) is 0 Å². The Morgan fingerprint density at radius 3 is 1.28 bits per heavy atom. The van der Waals surface area contributed by atoms with Crippen molar-refractivity contribution in [1.29, 1.82) is 5.26 Å². The molecule has 0 saturated heterocycles. The number of hydrogen-bond donors (Lipinski definition) is 0. The van der Waals surface area contributed by atoms with Crippen LogP contribution in [0.15, 0.2) is 121 Å². The average molecular weight is 507 g/mol. The van der Waals surface area contributed by atoms with Crippen molar-refractivity contribution in [2.75, 3.05) is 19.1 Å². The second kappa shape index (κ2) is 10.2. The van der Waals surface area contributed by atoms with Crippen LogP contribution in [0.2, 0.25) is 0 Å². The van der Waals surface area contributed by atoms with Gasteiger partial charge in [-0.1, -0.05) is 60.7 Å². The number of methoxy groups -OCH3 is 2. The molecule has 0 spiro atoms. The number of fused-ring (bicyclic) bond motifs is 2. The van der Waals surface area contributed by atoms with Crippen LogP contribution in [0.5, 0.6) is 11.5 Å². The van der Waals surface area contributed by atoms with Gasteiger partial charge in [0.2, 0.25) is 0 Å². The van der Waals surface area contributed by atoms with E-state index in [2.05, 4.69) is 71.6 Å². The molecule has 0 amide bonds. The fourth-order valence-corrected chi connectivity index (χ4v) is 5.25. The molecule has 4 nitrogen and oxygen atoms in total. The van der Waals surface area contributed by atoms with Gasteiger partial charge in [-0.3, -0.25) is 0 Å². The third-order valence-corrected chi connectivity index (χ3v) is 7.12. The molecule has 0 unspecified atom stereocenters. The van der Waals surface area contributed by atoms with Crippen molar-refractivity contribution in [3.63, 3.8) is 0 Å². The summed E-state index contributed by atoms with van der Waals surface area (Å²) in [4.78, 5) is 2.21. The van der Waals surface area contributed by atoms with E-state index in [4.69, 9.17) is 9.47 Å². The summed E-state index contributed by atoms with van der Waals surface area (Å²) >= 11 is 0. The predicted octanol–water partition coefficient (Wildman–Crippen LogP) is 9.02. The van der Waals surface area contributed by atoms with E-state index in [0.29, 0.717) is 5.56 Å². The van der Waals surface area contributed by atoms with Gasteiger partial charge in [-0.05, 0) is 82.6 Å². The lowest BCUT2D eigenvalue weighted by Gasteiger charge is -2.26. The van der Waals surface area contributed by atoms with E-state index in [1.54, 1.807) is 14.2 Å². The lowest BCUT2D eigenvalue weighted by atomic mass is 9.89. The lowest BCUT2D eigenvalue weighted by Crippen LogP contribution is -2.09. The number of benzene rings is 6. The summed E-state index contributed by atoms with van der Waals surface area (Å²) in [5, 5.41) is 14.1. The molecule has 39 heavy (non-hydrogen) atoms. The Kier molecular flexibility index (Phi) is 6.32. The molecule has 0 atom stereocenters. The Morgan fingerprint density at radius 2 is 0.897 bits per heavy atom. The van der Waals surface area contributed by atoms with Crippen molar-refractivity contribution >= 4 is 38.6 Å². The van der Waals surface area contributed by atoms with Crippen molar-refractivity contribution in [3.8, 4) is 28.7 Å². The number of ether oxygens (including phenoxy) is 2. The first-order valence-electron chi connectivity index (χ1n) is 12.7. The van der Waals surface area contributed by atoms with Gasteiger partial charge in [0.25, 0.3) is 0 Å². The van der Waals surface area contributed by atoms with E-state index >= 15 is 0 Å². The zero-order valence-electron chi connectivity index (χ0n) is 21.8. The number of nitriles is 1. The molecular weight excluding hydrogens is 480 g/mol. The third-order valence-electron chi connectivity index (χ3n) is 7.12. The maximum atomic E-state index is 10.0. The monoisotopic (exact) mass is 506 g/mol. The highest BCUT2D eigenvalue weighted by atomic mass is 16.5. The van der Waals surface area contributed by atoms with Crippen molar-refractivity contribution in [2.24, 2.45) is 0 Å². The number of nitrogens with zero attached hydrogens (tertiary/aromatic N) is 2. The normalized spacial score (nSPS) is 10.8. The second-order valence-electron chi connectivity index (χ2n) is 9.23. The molecule has 6 aromatic carbocycles. The molecule has 0 bridgehead atoms. The van der Waals surface area contributed by atoms with Gasteiger partial charge in [0.15, 0.2) is 0 Å². The third kappa shape index (κ3) is 4.31. The average Bonchev–Trinajstić information content (AvgIpc) is 3.01. The molecule has 0 aliphatic heterocycles. The SMILES string of the molecule is COc1ccc(N(c2ccc(OC)cc2)c2ccc(-c3c4ccccc4c(C#N)c4ccccc34)cc2)cc1. The van der Waals surface area contributed by atoms with Crippen molar-refractivity contribution in [1.82, 2.24) is 0 Å². The van der Waals surface area contributed by atoms with Gasteiger partial charge in [-0.25, -0.2) is 0 Å². The van der Waals surface area contributed by atoms with Crippen LogP contribution in [0.1, 0.15) is 5.56 Å². The topological polar surface area (TPSA) is 45.5 Å². The number of hydrogen-bond acceptors (Lipinski definition) is 4. The minimum Gasteiger partial charge on any atom is -0.497 e. The Balaban J connectivity index is 1.51. The quantitative estimate of drug-likeness (QED) is 0.211. The van der Waals surface area contributed by atoms with Crippen LogP contribution < -0.4 is 14.4 Å². The van der Waals surface area contributed by atoms with Crippen molar-refractivity contribution < 1.29 is 9.47 Å². The zero-order chi connectivity index (χ0) is 26.8. The molecular formula is C35H26N2O2. The van der Waals surface area contributed by atoms with Crippen molar-refractivity contribution in [3.05, 3.63) is 127 Å². The van der Waals surface area contributed by atoms with Crippen LogP contribution in [-0.4, -0.2) is 14.2 Å². The summed E-state index contributed by atoms with van der Waals surface area (Å²) in [6, 6.07) is 43.5. The van der Waals surface area contributed by atoms with Gasteiger partial charge in [0.1, 0.15) is 17.6 Å². The Morgan fingerprint density at radius 1 is 0.513 bits per heavy atom. The summed E-state index contributed by atoms with van der Waals surface area (Å²) in [6.07, 6.45) is 0. The maximum Gasteiger partial charge on any atom is 0.119 e. The molecule has 6 aromatic rings. The first-order chi connectivity index (χ1) is 19.2. The Bertz CT molecular complexity index is 1710. The van der Waals surface area contributed by atoms with E-state index in [1.807, 2.05) is 60.7 Å². The first-order valence-corrected chi connectivity index (χ1v) is 12.7. The lowest BCUT2D eigenvalue weighted by molar-refractivity contribution is 0.415. The van der Waals surface area contributed by atoms with Gasteiger partial charge in [0.05, 0.1) is 19.8 Å². The van der Waals surface area contributed by atoms with Crippen LogP contribution in [-0.2, 0) is 0 Å². The van der Waals surface area contributed by atoms with Crippen LogP contribution in [0.4, 0.5) is 17.1 Å². The highest BCUT2D eigenvalue weighted by molar-refractivity contribution is 6.16. The Labute approximate surface area is 227 Å². The molecule has 0 saturated carbocycles. The van der Waals surface area contributed by atoms with E-state index in [9.17, 15) is 5.26 Å². The highest BCUT2D eigenvalue weighted by Crippen LogP contribution is 2.41. The molecule has 0 heterocycles. The molecule has 0 aromatic heterocycles. The summed E-state index contributed by atoms with van der Waals surface area (Å²) in [5.41, 5.74) is 6.00. The largest absolute Gasteiger partial charge is 0.497 e. The minimum atomic E-state index is 0.715. The van der Waals surface area contributed by atoms with E-state index in [0.717, 1.165) is 61.2 Å². The summed E-state index contributed by atoms with van der Waals surface area (Å²) < 4.78 is 10.8. The minimum absolute atomic E-state index is 0.715. The molecule has 0 N–H and O–H groups in total. The van der Waals surface area contributed by atoms with E-state index < -0.39 is 0 Å². The summed E-state index contributed by atoms with van der Waals surface area (Å²) in [6.45, 7) is 0. The van der Waals surface area contributed by atoms with Crippen molar-refractivity contribution in [2.45, 2.75) is 0 Å². The summed E-state index contributed by atoms with van der Waals surface area (Å²) in [5.74, 6) is 1.62. The molecule has 0 aliphatic carbocycles. The predicted molar refractivity (Wildman–Crippen MR) is 159 cm³/mol. The molecule has 0 fully saturated rings. The first kappa shape index (κ1) is 24.1. The second-order valence-corrected chi connectivity index (χ2v) is 9.23. The molecule has 0 radical (unpaired) electrons. The zero-order valence-corrected chi connectivity index (χ0v) is 21.8. The number of rotatable bonds is 6. The fourth-order valence-electron chi connectivity index (χ4n) is 5.25. The fraction of sp³-hybridized carbons (Fsp3) is 0.0571. The van der Waals surface area contributed by atoms with Gasteiger partial charge in [-0.2, -0.15) is 5.26 Å². The summed E-state index contributed by atoms with van der Waals surface area (Å²) in [7, 11) is 3.34. The molecule has 0 aliphatic rings. The van der Waals surface area contributed by atoms with Crippen LogP contribution in [0.3, 0.4) is 0 Å². The Hall–Kier alpha value is -5.27. The van der Waals surface area contributed by atoms with Gasteiger partial charge < -0.3 is 14.4 Å². The smallest absolute Gasteiger partial charge is 0.119 e. The van der Waals surface area contributed by atoms with Crippen LogP contribution >= 0.6 is 0 Å².